The Morgan fingerprint density at radius 3 is 2.42 bits per heavy atom. The number of anilines is 3. The van der Waals surface area contributed by atoms with Crippen molar-refractivity contribution in [1.29, 1.82) is 0 Å². The molecule has 1 heterocycles. The first kappa shape index (κ1) is 16.0. The van der Waals surface area contributed by atoms with Crippen molar-refractivity contribution < 1.29 is 9.18 Å². The number of nitrogens with one attached hydrogen (secondary N) is 2. The number of hydrogen-bond donors (Lipinski definition) is 2. The number of nitrogens with zero attached hydrogens (tertiary/aromatic N) is 1. The van der Waals surface area contributed by atoms with Gasteiger partial charge in [-0.1, -0.05) is 23.7 Å². The Balaban J connectivity index is 1.67. The number of para-hydroxylation sites is 1. The highest BCUT2D eigenvalue weighted by Crippen LogP contribution is 2.24. The molecule has 0 radical (unpaired) electrons. The maximum absolute atomic E-state index is 12.9. The lowest BCUT2D eigenvalue weighted by Crippen LogP contribution is -2.12. The summed E-state index contributed by atoms with van der Waals surface area (Å²) in [5.74, 6) is -0.116. The molecule has 6 heteroatoms. The van der Waals surface area contributed by atoms with Gasteiger partial charge < -0.3 is 10.6 Å². The second-order valence-corrected chi connectivity index (χ2v) is 5.41. The van der Waals surface area contributed by atoms with E-state index in [9.17, 15) is 9.18 Å². The van der Waals surface area contributed by atoms with Crippen molar-refractivity contribution in [2.24, 2.45) is 0 Å². The molecule has 2 aromatic carbocycles. The fraction of sp³-hybridized carbons (Fsp3) is 0. The highest BCUT2D eigenvalue weighted by atomic mass is 35.5. The number of aromatic nitrogens is 1. The molecule has 1 aromatic heterocycles. The maximum atomic E-state index is 12.9. The van der Waals surface area contributed by atoms with E-state index in [1.165, 1.54) is 30.5 Å². The quantitative estimate of drug-likeness (QED) is 0.711. The van der Waals surface area contributed by atoms with E-state index in [4.69, 9.17) is 11.6 Å². The van der Waals surface area contributed by atoms with E-state index in [2.05, 4.69) is 15.6 Å². The van der Waals surface area contributed by atoms with E-state index in [0.717, 1.165) is 5.69 Å². The van der Waals surface area contributed by atoms with Crippen LogP contribution in [0.2, 0.25) is 5.02 Å². The fourth-order valence-electron chi connectivity index (χ4n) is 2.05. The fourth-order valence-corrected chi connectivity index (χ4v) is 2.23. The Kier molecular flexibility index (Phi) is 4.72. The first-order valence-electron chi connectivity index (χ1n) is 7.16. The molecule has 3 aromatic rings. The molecule has 2 N–H and O–H groups in total. The average Bonchev–Trinajstić information content (AvgIpc) is 2.59. The van der Waals surface area contributed by atoms with Gasteiger partial charge >= 0.3 is 0 Å². The number of halogens is 2. The number of amides is 1. The van der Waals surface area contributed by atoms with Crippen molar-refractivity contribution in [3.8, 4) is 0 Å². The summed E-state index contributed by atoms with van der Waals surface area (Å²) in [6.07, 6.45) is 1.53. The molecule has 0 saturated heterocycles. The molecule has 1 amide bonds. The predicted molar refractivity (Wildman–Crippen MR) is 93.3 cm³/mol. The number of pyridine rings is 1. The van der Waals surface area contributed by atoms with Crippen molar-refractivity contribution in [3.05, 3.63) is 83.3 Å². The largest absolute Gasteiger partial charge is 0.339 e. The SMILES string of the molecule is O=C(Nc1ccc(Nc2ccccc2Cl)nc1)c1ccc(F)cc1. The molecule has 0 bridgehead atoms. The lowest BCUT2D eigenvalue weighted by Gasteiger charge is -2.09. The van der Waals surface area contributed by atoms with Crippen LogP contribution in [-0.4, -0.2) is 10.9 Å². The molecule has 0 unspecified atom stereocenters. The number of carbonyl (C=O) groups is 1. The molecule has 0 atom stereocenters. The highest BCUT2D eigenvalue weighted by molar-refractivity contribution is 6.33. The van der Waals surface area contributed by atoms with Crippen molar-refractivity contribution in [3.63, 3.8) is 0 Å². The van der Waals surface area contributed by atoms with Crippen LogP contribution < -0.4 is 10.6 Å². The number of hydrogen-bond acceptors (Lipinski definition) is 3. The van der Waals surface area contributed by atoms with Crippen LogP contribution in [-0.2, 0) is 0 Å². The maximum Gasteiger partial charge on any atom is 0.255 e. The van der Waals surface area contributed by atoms with Gasteiger partial charge in [0, 0.05) is 5.56 Å². The van der Waals surface area contributed by atoms with Gasteiger partial charge in [-0.15, -0.1) is 0 Å². The number of rotatable bonds is 4. The van der Waals surface area contributed by atoms with Crippen LogP contribution in [0.15, 0.2) is 66.9 Å². The molecular formula is C18H13ClFN3O. The number of benzene rings is 2. The molecule has 0 fully saturated rings. The summed E-state index contributed by atoms with van der Waals surface area (Å²) in [6.45, 7) is 0. The lowest BCUT2D eigenvalue weighted by atomic mass is 10.2. The molecule has 3 rings (SSSR count). The van der Waals surface area contributed by atoms with E-state index in [1.807, 2.05) is 18.2 Å². The zero-order valence-electron chi connectivity index (χ0n) is 12.5. The van der Waals surface area contributed by atoms with Crippen LogP contribution in [0.5, 0.6) is 0 Å². The number of carbonyl (C=O) groups excluding carboxylic acids is 1. The van der Waals surface area contributed by atoms with Crippen molar-refractivity contribution in [2.75, 3.05) is 10.6 Å². The van der Waals surface area contributed by atoms with Crippen LogP contribution in [0, 0.1) is 5.82 Å². The zero-order valence-corrected chi connectivity index (χ0v) is 13.2. The molecule has 120 valence electrons. The van der Waals surface area contributed by atoms with E-state index in [-0.39, 0.29) is 11.7 Å². The molecule has 0 aliphatic rings. The summed E-state index contributed by atoms with van der Waals surface area (Å²) in [5, 5.41) is 6.39. The standard InChI is InChI=1S/C18H13ClFN3O/c19-15-3-1-2-4-16(15)23-17-10-9-14(11-21-17)22-18(24)12-5-7-13(20)8-6-12/h1-11H,(H,21,23)(H,22,24). The van der Waals surface area contributed by atoms with Crippen LogP contribution in [0.3, 0.4) is 0 Å². The van der Waals surface area contributed by atoms with Gasteiger partial charge in [0.1, 0.15) is 11.6 Å². The summed E-state index contributed by atoms with van der Waals surface area (Å²) in [6, 6.07) is 16.1. The average molecular weight is 342 g/mol. The minimum Gasteiger partial charge on any atom is -0.339 e. The van der Waals surface area contributed by atoms with Gasteiger partial charge in [0.05, 0.1) is 22.6 Å². The van der Waals surface area contributed by atoms with Crippen molar-refractivity contribution in [1.82, 2.24) is 4.98 Å². The highest BCUT2D eigenvalue weighted by Gasteiger charge is 2.07. The lowest BCUT2D eigenvalue weighted by molar-refractivity contribution is 0.102. The Bertz CT molecular complexity index is 851. The normalized spacial score (nSPS) is 10.2. The summed E-state index contributed by atoms with van der Waals surface area (Å²) < 4.78 is 12.9. The minimum absolute atomic E-state index is 0.330. The smallest absolute Gasteiger partial charge is 0.255 e. The third-order valence-corrected chi connectivity index (χ3v) is 3.59. The Morgan fingerprint density at radius 2 is 1.75 bits per heavy atom. The molecule has 0 aliphatic carbocycles. The zero-order chi connectivity index (χ0) is 16.9. The summed E-state index contributed by atoms with van der Waals surface area (Å²) in [7, 11) is 0. The van der Waals surface area contributed by atoms with Gasteiger partial charge in [0.25, 0.3) is 5.91 Å². The third-order valence-electron chi connectivity index (χ3n) is 3.26. The van der Waals surface area contributed by atoms with Crippen LogP contribution >= 0.6 is 11.6 Å². The molecule has 4 nitrogen and oxygen atoms in total. The molecule has 0 saturated carbocycles. The molecular weight excluding hydrogens is 329 g/mol. The van der Waals surface area contributed by atoms with Crippen LogP contribution in [0.4, 0.5) is 21.6 Å². The Hall–Kier alpha value is -2.92. The van der Waals surface area contributed by atoms with E-state index in [0.29, 0.717) is 22.1 Å². The monoisotopic (exact) mass is 341 g/mol. The molecule has 0 aliphatic heterocycles. The van der Waals surface area contributed by atoms with E-state index in [1.54, 1.807) is 18.2 Å². The molecule has 24 heavy (non-hydrogen) atoms. The van der Waals surface area contributed by atoms with Gasteiger partial charge in [-0.3, -0.25) is 4.79 Å². The van der Waals surface area contributed by atoms with Gasteiger partial charge in [0.15, 0.2) is 0 Å². The van der Waals surface area contributed by atoms with Crippen LogP contribution in [0.25, 0.3) is 0 Å². The van der Waals surface area contributed by atoms with Crippen molar-refractivity contribution in [2.45, 2.75) is 0 Å². The van der Waals surface area contributed by atoms with Gasteiger partial charge in [-0.05, 0) is 48.5 Å². The summed E-state index contributed by atoms with van der Waals surface area (Å²) in [4.78, 5) is 16.3. The van der Waals surface area contributed by atoms with Gasteiger partial charge in [-0.2, -0.15) is 0 Å². The van der Waals surface area contributed by atoms with Gasteiger partial charge in [0.2, 0.25) is 0 Å². The minimum atomic E-state index is -0.386. The van der Waals surface area contributed by atoms with E-state index >= 15 is 0 Å². The topological polar surface area (TPSA) is 54.0 Å². The summed E-state index contributed by atoms with van der Waals surface area (Å²) >= 11 is 6.08. The predicted octanol–water partition coefficient (Wildman–Crippen LogP) is 4.87. The Labute approximate surface area is 143 Å². The van der Waals surface area contributed by atoms with E-state index < -0.39 is 0 Å². The second kappa shape index (κ2) is 7.10. The van der Waals surface area contributed by atoms with Crippen molar-refractivity contribution >= 4 is 34.7 Å². The van der Waals surface area contributed by atoms with Crippen LogP contribution in [0.1, 0.15) is 10.4 Å². The summed E-state index contributed by atoms with van der Waals surface area (Å²) in [5.41, 5.74) is 1.65. The third kappa shape index (κ3) is 3.88. The first-order valence-corrected chi connectivity index (χ1v) is 7.54. The first-order chi connectivity index (χ1) is 11.6. The molecule has 0 spiro atoms. The van der Waals surface area contributed by atoms with Gasteiger partial charge in [-0.25, -0.2) is 9.37 Å². The second-order valence-electron chi connectivity index (χ2n) is 5.00. The Morgan fingerprint density at radius 1 is 1.00 bits per heavy atom.